The fraction of sp³-hybridized carbons (Fsp3) is 0.125. The molecule has 7 heteroatoms. The van der Waals surface area contributed by atoms with E-state index in [4.69, 9.17) is 16.3 Å². The summed E-state index contributed by atoms with van der Waals surface area (Å²) in [6, 6.07) is 14.6. The average molecular weight is 435 g/mol. The van der Waals surface area contributed by atoms with Crippen LogP contribution in [0.4, 0.5) is 5.69 Å². The number of benzene rings is 2. The lowest BCUT2D eigenvalue weighted by Gasteiger charge is -2.25. The van der Waals surface area contributed by atoms with Crippen LogP contribution in [0.3, 0.4) is 0 Å². The highest BCUT2D eigenvalue weighted by Crippen LogP contribution is 2.42. The maximum absolute atomic E-state index is 13.1. The van der Waals surface area contributed by atoms with Gasteiger partial charge in [-0.15, -0.1) is 0 Å². The molecule has 1 N–H and O–H groups in total. The Bertz CT molecular complexity index is 1190. The summed E-state index contributed by atoms with van der Waals surface area (Å²) in [4.78, 5) is 31.7. The van der Waals surface area contributed by atoms with E-state index < -0.39 is 17.7 Å². The average Bonchev–Trinajstić information content (AvgIpc) is 3.05. The first kappa shape index (κ1) is 20.6. The number of hydrogen-bond donors (Lipinski definition) is 1. The van der Waals surface area contributed by atoms with E-state index in [2.05, 4.69) is 4.98 Å². The number of hydrogen-bond acceptors (Lipinski definition) is 5. The molecule has 1 aliphatic heterocycles. The van der Waals surface area contributed by atoms with Crippen molar-refractivity contribution < 1.29 is 19.4 Å². The van der Waals surface area contributed by atoms with Crippen LogP contribution in [0.15, 0.2) is 72.6 Å². The number of Topliss-reactive ketones (excluding diaryl/α,β-unsaturated/α-hetero) is 1. The summed E-state index contributed by atoms with van der Waals surface area (Å²) < 4.78 is 5.22. The number of anilines is 1. The monoisotopic (exact) mass is 434 g/mol. The van der Waals surface area contributed by atoms with Crippen LogP contribution in [-0.2, 0) is 9.59 Å². The minimum atomic E-state index is -0.835. The molecule has 2 aromatic carbocycles. The smallest absolute Gasteiger partial charge is 0.300 e. The van der Waals surface area contributed by atoms with Crippen molar-refractivity contribution in [1.29, 1.82) is 0 Å². The largest absolute Gasteiger partial charge is 0.507 e. The molecule has 1 unspecified atom stereocenters. The second kappa shape index (κ2) is 8.24. The Hall–Kier alpha value is -3.64. The van der Waals surface area contributed by atoms with E-state index in [9.17, 15) is 14.7 Å². The second-order valence-corrected chi connectivity index (χ2v) is 7.55. The van der Waals surface area contributed by atoms with Crippen LogP contribution in [0.25, 0.3) is 5.76 Å². The van der Waals surface area contributed by atoms with Crippen molar-refractivity contribution in [3.8, 4) is 5.75 Å². The zero-order valence-electron chi connectivity index (χ0n) is 16.9. The molecule has 1 atom stereocenters. The van der Waals surface area contributed by atoms with Gasteiger partial charge in [0.15, 0.2) is 0 Å². The Morgan fingerprint density at radius 3 is 2.52 bits per heavy atom. The highest BCUT2D eigenvalue weighted by molar-refractivity contribution is 6.51. The lowest BCUT2D eigenvalue weighted by atomic mass is 9.96. The van der Waals surface area contributed by atoms with Crippen LogP contribution in [-0.4, -0.2) is 28.9 Å². The van der Waals surface area contributed by atoms with Crippen molar-refractivity contribution in [3.05, 3.63) is 94.3 Å². The molecule has 0 bridgehead atoms. The SMILES string of the molecule is COc1cc(/C(O)=C2/C(=O)C(=O)N(c3ccc(C)cc3)C2c2cccnc2)ccc1Cl. The standard InChI is InChI=1S/C24H19ClN2O4/c1-14-5-8-17(9-6-14)27-21(16-4-3-11-26-13-16)20(23(29)24(27)30)22(28)15-7-10-18(25)19(12-15)31-2/h3-13,21,28H,1-2H3/b22-20-. The first-order valence-electron chi connectivity index (χ1n) is 9.54. The number of halogens is 1. The molecule has 156 valence electrons. The molecule has 3 aromatic rings. The van der Waals surface area contributed by atoms with Gasteiger partial charge >= 0.3 is 0 Å². The number of aromatic nitrogens is 1. The van der Waals surface area contributed by atoms with Crippen LogP contribution in [0.1, 0.15) is 22.7 Å². The van der Waals surface area contributed by atoms with E-state index in [1.54, 1.807) is 48.8 Å². The van der Waals surface area contributed by atoms with Gasteiger partial charge in [-0.05, 0) is 48.9 Å². The summed E-state index contributed by atoms with van der Waals surface area (Å²) in [6.07, 6.45) is 3.18. The van der Waals surface area contributed by atoms with Crippen LogP contribution in [0.5, 0.6) is 5.75 Å². The van der Waals surface area contributed by atoms with Crippen molar-refractivity contribution in [3.63, 3.8) is 0 Å². The summed E-state index contributed by atoms with van der Waals surface area (Å²) in [5.74, 6) is -1.46. The Kier molecular flexibility index (Phi) is 5.48. The quantitative estimate of drug-likeness (QED) is 0.366. The molecule has 1 fully saturated rings. The normalized spacial score (nSPS) is 17.8. The van der Waals surface area contributed by atoms with Crippen molar-refractivity contribution in [2.75, 3.05) is 12.0 Å². The number of ketones is 1. The summed E-state index contributed by atoms with van der Waals surface area (Å²) in [7, 11) is 1.46. The number of amides is 1. The number of rotatable bonds is 4. The molecule has 1 amide bonds. The lowest BCUT2D eigenvalue weighted by molar-refractivity contribution is -0.132. The van der Waals surface area contributed by atoms with Crippen LogP contribution in [0, 0.1) is 6.92 Å². The number of aliphatic hydroxyl groups excluding tert-OH is 1. The molecular formula is C24H19ClN2O4. The molecular weight excluding hydrogens is 416 g/mol. The van der Waals surface area contributed by atoms with Crippen molar-refractivity contribution in [2.45, 2.75) is 13.0 Å². The summed E-state index contributed by atoms with van der Waals surface area (Å²) in [5, 5.41) is 11.5. The van der Waals surface area contributed by atoms with E-state index in [0.717, 1.165) is 5.56 Å². The minimum Gasteiger partial charge on any atom is -0.507 e. The topological polar surface area (TPSA) is 79.7 Å². The number of aliphatic hydroxyl groups is 1. The molecule has 0 saturated carbocycles. The molecule has 1 aliphatic rings. The van der Waals surface area contributed by atoms with Crippen LogP contribution in [0.2, 0.25) is 5.02 Å². The Balaban J connectivity index is 1.93. The highest BCUT2D eigenvalue weighted by atomic mass is 35.5. The first-order chi connectivity index (χ1) is 14.9. The highest BCUT2D eigenvalue weighted by Gasteiger charge is 2.47. The zero-order chi connectivity index (χ0) is 22.1. The number of methoxy groups -OCH3 is 1. The summed E-state index contributed by atoms with van der Waals surface area (Å²) in [5.41, 5.74) is 2.46. The number of carbonyl (C=O) groups is 2. The van der Waals surface area contributed by atoms with E-state index in [-0.39, 0.29) is 11.3 Å². The van der Waals surface area contributed by atoms with Gasteiger partial charge in [0.05, 0.1) is 23.7 Å². The number of nitrogens with zero attached hydrogens (tertiary/aromatic N) is 2. The van der Waals surface area contributed by atoms with Gasteiger partial charge in [0, 0.05) is 23.6 Å². The minimum absolute atomic E-state index is 0.0250. The number of pyridine rings is 1. The van der Waals surface area contributed by atoms with E-state index >= 15 is 0 Å². The van der Waals surface area contributed by atoms with Crippen molar-refractivity contribution in [2.24, 2.45) is 0 Å². The van der Waals surface area contributed by atoms with Gasteiger partial charge in [-0.25, -0.2) is 0 Å². The predicted molar refractivity (Wildman–Crippen MR) is 118 cm³/mol. The predicted octanol–water partition coefficient (Wildman–Crippen LogP) is 4.68. The lowest BCUT2D eigenvalue weighted by Crippen LogP contribution is -2.29. The third-order valence-electron chi connectivity index (χ3n) is 5.18. The second-order valence-electron chi connectivity index (χ2n) is 7.14. The van der Waals surface area contributed by atoms with Crippen molar-refractivity contribution >= 4 is 34.7 Å². The fourth-order valence-corrected chi connectivity index (χ4v) is 3.81. The summed E-state index contributed by atoms with van der Waals surface area (Å²) in [6.45, 7) is 1.93. The fourth-order valence-electron chi connectivity index (χ4n) is 3.62. The van der Waals surface area contributed by atoms with Crippen molar-refractivity contribution in [1.82, 2.24) is 4.98 Å². The molecule has 1 aromatic heterocycles. The molecule has 2 heterocycles. The Morgan fingerprint density at radius 2 is 1.87 bits per heavy atom. The molecule has 4 rings (SSSR count). The molecule has 0 aliphatic carbocycles. The van der Waals surface area contributed by atoms with Gasteiger partial charge in [0.2, 0.25) is 0 Å². The number of aryl methyl sites for hydroxylation is 1. The number of carbonyl (C=O) groups excluding carboxylic acids is 2. The molecule has 31 heavy (non-hydrogen) atoms. The van der Waals surface area contributed by atoms with Gasteiger partial charge in [-0.1, -0.05) is 35.4 Å². The molecule has 1 saturated heterocycles. The van der Waals surface area contributed by atoms with Gasteiger partial charge in [0.1, 0.15) is 11.5 Å². The Morgan fingerprint density at radius 1 is 1.13 bits per heavy atom. The maximum atomic E-state index is 13.1. The van der Waals surface area contributed by atoms with E-state index in [1.165, 1.54) is 18.1 Å². The van der Waals surface area contributed by atoms with Gasteiger partial charge in [0.25, 0.3) is 11.7 Å². The molecule has 0 spiro atoms. The van der Waals surface area contributed by atoms with Crippen LogP contribution < -0.4 is 9.64 Å². The Labute approximate surface area is 184 Å². The van der Waals surface area contributed by atoms with Gasteiger partial charge in [-0.2, -0.15) is 0 Å². The van der Waals surface area contributed by atoms with Gasteiger partial charge in [-0.3, -0.25) is 19.5 Å². The maximum Gasteiger partial charge on any atom is 0.300 e. The zero-order valence-corrected chi connectivity index (χ0v) is 17.6. The third-order valence-corrected chi connectivity index (χ3v) is 5.49. The van der Waals surface area contributed by atoms with E-state index in [1.807, 2.05) is 19.1 Å². The van der Waals surface area contributed by atoms with Gasteiger partial charge < -0.3 is 9.84 Å². The molecule has 6 nitrogen and oxygen atoms in total. The number of ether oxygens (including phenoxy) is 1. The molecule has 0 radical (unpaired) electrons. The third kappa shape index (κ3) is 3.66. The summed E-state index contributed by atoms with van der Waals surface area (Å²) >= 11 is 6.09. The van der Waals surface area contributed by atoms with Crippen LogP contribution >= 0.6 is 11.6 Å². The van der Waals surface area contributed by atoms with E-state index in [0.29, 0.717) is 27.6 Å². The first-order valence-corrected chi connectivity index (χ1v) is 9.91.